The Hall–Kier alpha value is -2.10. The van der Waals surface area contributed by atoms with E-state index in [9.17, 15) is 9.59 Å². The van der Waals surface area contributed by atoms with E-state index in [4.69, 9.17) is 4.74 Å². The molecule has 0 aliphatic carbocycles. The molecule has 3 aromatic rings. The molecule has 0 aliphatic rings. The van der Waals surface area contributed by atoms with Crippen molar-refractivity contribution in [3.63, 3.8) is 0 Å². The summed E-state index contributed by atoms with van der Waals surface area (Å²) < 4.78 is 7.97. The van der Waals surface area contributed by atoms with Crippen LogP contribution in [0.5, 0.6) is 0 Å². The van der Waals surface area contributed by atoms with Crippen LogP contribution < -0.4 is 5.56 Å². The van der Waals surface area contributed by atoms with Gasteiger partial charge >= 0.3 is 140 Å². The molecule has 0 bridgehead atoms. The molecule has 0 fully saturated rings. The van der Waals surface area contributed by atoms with E-state index in [-0.39, 0.29) is 32.2 Å². The van der Waals surface area contributed by atoms with E-state index in [2.05, 4.69) is 0 Å². The molecular weight excluding hydrogens is 357 g/mol. The van der Waals surface area contributed by atoms with Gasteiger partial charge in [-0.15, -0.1) is 0 Å². The average Bonchev–Trinajstić information content (AvgIpc) is 2.92. The fourth-order valence-electron chi connectivity index (χ4n) is 2.44. The predicted molar refractivity (Wildman–Crippen MR) is 91.5 cm³/mol. The molecule has 23 heavy (non-hydrogen) atoms. The van der Waals surface area contributed by atoms with Crippen molar-refractivity contribution in [2.75, 3.05) is 6.61 Å². The van der Waals surface area contributed by atoms with Gasteiger partial charge in [0.1, 0.15) is 0 Å². The van der Waals surface area contributed by atoms with E-state index in [0.717, 1.165) is 20.9 Å². The van der Waals surface area contributed by atoms with Crippen molar-refractivity contribution in [2.24, 2.45) is 0 Å². The second kappa shape index (κ2) is 6.57. The third kappa shape index (κ3) is 3.03. The number of hydrogen-bond donors (Lipinski definition) is 0. The zero-order valence-electron chi connectivity index (χ0n) is 13.0. The van der Waals surface area contributed by atoms with Gasteiger partial charge in [0.05, 0.1) is 0 Å². The Morgan fingerprint density at radius 2 is 1.87 bits per heavy atom. The number of fused-ring (bicyclic) bond motifs is 1. The van der Waals surface area contributed by atoms with Gasteiger partial charge < -0.3 is 0 Å². The normalized spacial score (nSPS) is 12.3. The van der Waals surface area contributed by atoms with Crippen LogP contribution in [0.25, 0.3) is 15.3 Å². The summed E-state index contributed by atoms with van der Waals surface area (Å²) in [7, 11) is 0. The van der Waals surface area contributed by atoms with Crippen molar-refractivity contribution >= 4 is 30.3 Å². The van der Waals surface area contributed by atoms with Gasteiger partial charge in [-0.05, 0) is 0 Å². The van der Waals surface area contributed by atoms with Gasteiger partial charge in [0.2, 0.25) is 0 Å². The Bertz CT molecular complexity index is 893. The molecule has 5 heteroatoms. The third-order valence-corrected chi connectivity index (χ3v) is 6.09. The molecule has 118 valence electrons. The van der Waals surface area contributed by atoms with Crippen LogP contribution in [0.15, 0.2) is 53.3 Å². The van der Waals surface area contributed by atoms with Crippen molar-refractivity contribution in [3.05, 3.63) is 64.4 Å². The van der Waals surface area contributed by atoms with Gasteiger partial charge in [-0.1, -0.05) is 0 Å². The van der Waals surface area contributed by atoms with Crippen LogP contribution in [0.4, 0.5) is 0 Å². The molecule has 1 atom stereocenters. The quantitative estimate of drug-likeness (QED) is 0.521. The minimum atomic E-state index is -0.305. The maximum atomic E-state index is 12.5. The van der Waals surface area contributed by atoms with E-state index < -0.39 is 0 Å². The van der Waals surface area contributed by atoms with E-state index in [0.29, 0.717) is 6.61 Å². The number of esters is 1. The van der Waals surface area contributed by atoms with E-state index >= 15 is 0 Å². The summed E-state index contributed by atoms with van der Waals surface area (Å²) in [4.78, 5) is 24.3. The first kappa shape index (κ1) is 15.8. The SMILES string of the molecule is CCOC(=O)C(C)c1ccc(-n2[se]c3ccccc3c2=O)cc1. The van der Waals surface area contributed by atoms with Crippen molar-refractivity contribution in [1.29, 1.82) is 0 Å². The van der Waals surface area contributed by atoms with Crippen molar-refractivity contribution < 1.29 is 9.53 Å². The monoisotopic (exact) mass is 375 g/mol. The van der Waals surface area contributed by atoms with Crippen LogP contribution in [0.3, 0.4) is 0 Å². The molecule has 3 rings (SSSR count). The van der Waals surface area contributed by atoms with E-state index in [1.807, 2.05) is 59.0 Å². The summed E-state index contributed by atoms with van der Waals surface area (Å²) in [6.07, 6.45) is 0. The Morgan fingerprint density at radius 1 is 1.17 bits per heavy atom. The summed E-state index contributed by atoms with van der Waals surface area (Å²) >= 11 is -0.0397. The molecular formula is C18H17NO3Se. The maximum absolute atomic E-state index is 12.5. The van der Waals surface area contributed by atoms with Crippen LogP contribution in [-0.2, 0) is 9.53 Å². The molecule has 0 saturated carbocycles. The molecule has 1 aromatic heterocycles. The summed E-state index contributed by atoms with van der Waals surface area (Å²) in [6.45, 7) is 4.00. The van der Waals surface area contributed by atoms with Crippen LogP contribution in [0, 0.1) is 0 Å². The Labute approximate surface area is 140 Å². The number of benzene rings is 2. The first-order valence-corrected chi connectivity index (χ1v) is 9.12. The van der Waals surface area contributed by atoms with E-state index in [1.54, 1.807) is 6.92 Å². The summed E-state index contributed by atoms with van der Waals surface area (Å²) in [5.41, 5.74) is 1.81. The molecule has 0 radical (unpaired) electrons. The van der Waals surface area contributed by atoms with Gasteiger partial charge in [0, 0.05) is 0 Å². The molecule has 2 aromatic carbocycles. The second-order valence-corrected chi connectivity index (χ2v) is 7.32. The minimum absolute atomic E-state index is 0.0397. The van der Waals surface area contributed by atoms with Crippen molar-refractivity contribution in [2.45, 2.75) is 19.8 Å². The number of aromatic nitrogens is 1. The molecule has 0 N–H and O–H groups in total. The zero-order chi connectivity index (χ0) is 16.4. The predicted octanol–water partition coefficient (Wildman–Crippen LogP) is 2.71. The van der Waals surface area contributed by atoms with Crippen LogP contribution in [0.2, 0.25) is 0 Å². The number of hydrogen-bond acceptors (Lipinski definition) is 3. The van der Waals surface area contributed by atoms with Gasteiger partial charge in [0.25, 0.3) is 0 Å². The van der Waals surface area contributed by atoms with Gasteiger partial charge in [-0.25, -0.2) is 0 Å². The molecule has 1 heterocycles. The topological polar surface area (TPSA) is 48.3 Å². The molecule has 1 unspecified atom stereocenters. The molecule has 0 saturated heterocycles. The van der Waals surface area contributed by atoms with Crippen LogP contribution in [0.1, 0.15) is 25.3 Å². The fourth-order valence-corrected chi connectivity index (χ4v) is 4.54. The number of carbonyl (C=O) groups excluding carboxylic acids is 1. The zero-order valence-corrected chi connectivity index (χ0v) is 14.7. The van der Waals surface area contributed by atoms with Crippen molar-refractivity contribution in [3.8, 4) is 5.69 Å². The van der Waals surface area contributed by atoms with Gasteiger partial charge in [-0.3, -0.25) is 0 Å². The molecule has 0 aliphatic heterocycles. The Kier molecular flexibility index (Phi) is 4.51. The first-order chi connectivity index (χ1) is 11.1. The van der Waals surface area contributed by atoms with Crippen LogP contribution in [-0.4, -0.2) is 30.9 Å². The fraction of sp³-hybridized carbons (Fsp3) is 0.222. The molecule has 0 amide bonds. The summed E-state index contributed by atoms with van der Waals surface area (Å²) in [6, 6.07) is 15.3. The second-order valence-electron chi connectivity index (χ2n) is 5.25. The molecule has 4 nitrogen and oxygen atoms in total. The number of nitrogens with zero attached hydrogens (tertiary/aromatic N) is 1. The standard InChI is InChI=1S/C18H17NO3Se/c1-3-22-18(21)12(2)13-8-10-14(11-9-13)19-17(20)15-6-4-5-7-16(15)23-19/h4-12H,3H2,1-2H3. The molecule has 0 spiro atoms. The first-order valence-electron chi connectivity index (χ1n) is 7.50. The van der Waals surface area contributed by atoms with Gasteiger partial charge in [-0.2, -0.15) is 0 Å². The van der Waals surface area contributed by atoms with Gasteiger partial charge in [0.15, 0.2) is 0 Å². The Morgan fingerprint density at radius 3 is 2.52 bits per heavy atom. The van der Waals surface area contributed by atoms with E-state index in [1.165, 1.54) is 0 Å². The number of ether oxygens (including phenoxy) is 1. The third-order valence-electron chi connectivity index (χ3n) is 3.76. The van der Waals surface area contributed by atoms with Crippen molar-refractivity contribution in [1.82, 2.24) is 3.56 Å². The number of rotatable bonds is 4. The summed E-state index contributed by atoms with van der Waals surface area (Å²) in [5.74, 6) is -0.532. The van der Waals surface area contributed by atoms with Crippen LogP contribution >= 0.6 is 0 Å². The average molecular weight is 374 g/mol. The Balaban J connectivity index is 1.94. The summed E-state index contributed by atoms with van der Waals surface area (Å²) in [5, 5.41) is 0.788. The number of carbonyl (C=O) groups is 1.